The first kappa shape index (κ1) is 10.5. The van der Waals surface area contributed by atoms with Crippen LogP contribution in [0.25, 0.3) is 0 Å². The number of nitrogens with one attached hydrogen (secondary N) is 1. The summed E-state index contributed by atoms with van der Waals surface area (Å²) in [5, 5.41) is 2.94. The number of carbonyl (C=O) groups excluding carboxylic acids is 1. The summed E-state index contributed by atoms with van der Waals surface area (Å²) < 4.78 is 0. The molecule has 0 rings (SSSR count). The Morgan fingerprint density at radius 3 is 2.27 bits per heavy atom. The van der Waals surface area contributed by atoms with Gasteiger partial charge in [-0.3, -0.25) is 4.79 Å². The molecule has 0 heterocycles. The molecule has 1 N–H and O–H groups in total. The lowest BCUT2D eigenvalue weighted by atomic mass is 10.00. The van der Waals surface area contributed by atoms with Crippen molar-refractivity contribution in [3.63, 3.8) is 0 Å². The van der Waals surface area contributed by atoms with Gasteiger partial charge in [-0.05, 0) is 12.3 Å². The first-order valence-electron chi connectivity index (χ1n) is 4.35. The third kappa shape index (κ3) is 4.82. The Balaban J connectivity index is 3.79. The van der Waals surface area contributed by atoms with E-state index in [4.69, 9.17) is 0 Å². The van der Waals surface area contributed by atoms with Gasteiger partial charge in [0.15, 0.2) is 0 Å². The van der Waals surface area contributed by atoms with Crippen molar-refractivity contribution in [2.45, 2.75) is 46.6 Å². The summed E-state index contributed by atoms with van der Waals surface area (Å²) in [5.41, 5.74) is 0. The molecule has 0 unspecified atom stereocenters. The van der Waals surface area contributed by atoms with Gasteiger partial charge in [0.05, 0.1) is 0 Å². The van der Waals surface area contributed by atoms with Gasteiger partial charge in [-0.15, -0.1) is 0 Å². The van der Waals surface area contributed by atoms with Crippen LogP contribution in [0, 0.1) is 5.92 Å². The molecule has 0 saturated carbocycles. The largest absolute Gasteiger partial charge is 0.353 e. The van der Waals surface area contributed by atoms with Crippen LogP contribution >= 0.6 is 0 Å². The molecule has 0 aliphatic rings. The van der Waals surface area contributed by atoms with Crippen LogP contribution in [0.1, 0.15) is 40.5 Å². The fourth-order valence-electron chi connectivity index (χ4n) is 1.14. The molecule has 0 aliphatic heterocycles. The zero-order valence-electron chi connectivity index (χ0n) is 7.98. The van der Waals surface area contributed by atoms with Gasteiger partial charge >= 0.3 is 0 Å². The van der Waals surface area contributed by atoms with Gasteiger partial charge < -0.3 is 5.32 Å². The first-order valence-corrected chi connectivity index (χ1v) is 4.35. The van der Waals surface area contributed by atoms with E-state index in [1.807, 2.05) is 0 Å². The molecule has 0 spiro atoms. The molecule has 1 atom stereocenters. The summed E-state index contributed by atoms with van der Waals surface area (Å²) >= 11 is 0. The van der Waals surface area contributed by atoms with Crippen molar-refractivity contribution in [2.75, 3.05) is 0 Å². The van der Waals surface area contributed by atoms with Crippen molar-refractivity contribution in [1.29, 1.82) is 0 Å². The molecule has 0 bridgehead atoms. The molecule has 0 aromatic heterocycles. The number of amides is 1. The zero-order chi connectivity index (χ0) is 8.85. The maximum absolute atomic E-state index is 10.7. The van der Waals surface area contributed by atoms with Crippen LogP contribution in [-0.4, -0.2) is 11.9 Å². The summed E-state index contributed by atoms with van der Waals surface area (Å²) in [4.78, 5) is 10.7. The average Bonchev–Trinajstić information content (AvgIpc) is 1.86. The van der Waals surface area contributed by atoms with Crippen LogP contribution < -0.4 is 5.32 Å². The number of hydrogen-bond acceptors (Lipinski definition) is 1. The Morgan fingerprint density at radius 2 is 2.00 bits per heavy atom. The predicted molar refractivity (Wildman–Crippen MR) is 47.4 cm³/mol. The first-order chi connectivity index (χ1) is 5.07. The van der Waals surface area contributed by atoms with Gasteiger partial charge in [0.2, 0.25) is 5.91 Å². The van der Waals surface area contributed by atoms with Crippen LogP contribution in [0.4, 0.5) is 0 Å². The monoisotopic (exact) mass is 157 g/mol. The summed E-state index contributed by atoms with van der Waals surface area (Å²) in [7, 11) is 0. The standard InChI is InChI=1S/C9H19NO/c1-5-6-9(7(2)3)10-8(4)11/h7,9H,5-6H2,1-4H3,(H,10,11)/t9-/m0/s1. The number of carbonyl (C=O) groups is 1. The second-order valence-corrected chi connectivity index (χ2v) is 3.34. The molecule has 66 valence electrons. The van der Waals surface area contributed by atoms with Crippen LogP contribution in [-0.2, 0) is 4.79 Å². The summed E-state index contributed by atoms with van der Waals surface area (Å²) in [6.45, 7) is 7.98. The molecule has 1 amide bonds. The lowest BCUT2D eigenvalue weighted by Crippen LogP contribution is -2.36. The fraction of sp³-hybridized carbons (Fsp3) is 0.889. The Morgan fingerprint density at radius 1 is 1.45 bits per heavy atom. The molecular formula is C9H19NO. The minimum atomic E-state index is 0.0807. The van der Waals surface area contributed by atoms with Crippen molar-refractivity contribution in [3.05, 3.63) is 0 Å². The molecular weight excluding hydrogens is 138 g/mol. The predicted octanol–water partition coefficient (Wildman–Crippen LogP) is 1.95. The second kappa shape index (κ2) is 5.16. The Hall–Kier alpha value is -0.530. The third-order valence-electron chi connectivity index (χ3n) is 1.79. The van der Waals surface area contributed by atoms with E-state index in [1.54, 1.807) is 6.92 Å². The summed E-state index contributed by atoms with van der Waals surface area (Å²) in [6.07, 6.45) is 2.21. The summed E-state index contributed by atoms with van der Waals surface area (Å²) in [5.74, 6) is 0.621. The SMILES string of the molecule is CCC[C@H](NC(C)=O)C(C)C. The highest BCUT2D eigenvalue weighted by Crippen LogP contribution is 2.07. The van der Waals surface area contributed by atoms with Crippen LogP contribution in [0.5, 0.6) is 0 Å². The highest BCUT2D eigenvalue weighted by molar-refractivity contribution is 5.73. The van der Waals surface area contributed by atoms with Crippen molar-refractivity contribution in [1.82, 2.24) is 5.32 Å². The van der Waals surface area contributed by atoms with Gasteiger partial charge in [-0.2, -0.15) is 0 Å². The van der Waals surface area contributed by atoms with Gasteiger partial charge in [-0.1, -0.05) is 27.2 Å². The van der Waals surface area contributed by atoms with E-state index in [1.165, 1.54) is 0 Å². The highest BCUT2D eigenvalue weighted by atomic mass is 16.1. The van der Waals surface area contributed by atoms with E-state index in [-0.39, 0.29) is 5.91 Å². The van der Waals surface area contributed by atoms with Gasteiger partial charge in [0, 0.05) is 13.0 Å². The Labute approximate surface area is 69.4 Å². The highest BCUT2D eigenvalue weighted by Gasteiger charge is 2.11. The smallest absolute Gasteiger partial charge is 0.217 e. The van der Waals surface area contributed by atoms with Crippen LogP contribution in [0.15, 0.2) is 0 Å². The van der Waals surface area contributed by atoms with Crippen molar-refractivity contribution in [2.24, 2.45) is 5.92 Å². The molecule has 0 aliphatic carbocycles. The molecule has 11 heavy (non-hydrogen) atoms. The quantitative estimate of drug-likeness (QED) is 0.664. The summed E-state index contributed by atoms with van der Waals surface area (Å²) in [6, 6.07) is 0.359. The van der Waals surface area contributed by atoms with Crippen molar-refractivity contribution in [3.8, 4) is 0 Å². The molecule has 2 nitrogen and oxygen atoms in total. The zero-order valence-corrected chi connectivity index (χ0v) is 7.98. The van der Waals surface area contributed by atoms with Crippen LogP contribution in [0.3, 0.4) is 0 Å². The number of rotatable bonds is 4. The van der Waals surface area contributed by atoms with Crippen LogP contribution in [0.2, 0.25) is 0 Å². The Kier molecular flexibility index (Phi) is 4.92. The maximum atomic E-state index is 10.7. The van der Waals surface area contributed by atoms with E-state index < -0.39 is 0 Å². The molecule has 0 aromatic rings. The van der Waals surface area contributed by atoms with Crippen molar-refractivity contribution >= 4 is 5.91 Å². The minimum Gasteiger partial charge on any atom is -0.353 e. The van der Waals surface area contributed by atoms with E-state index in [0.717, 1.165) is 12.8 Å². The normalized spacial score (nSPS) is 13.2. The minimum absolute atomic E-state index is 0.0807. The number of hydrogen-bond donors (Lipinski definition) is 1. The lowest BCUT2D eigenvalue weighted by Gasteiger charge is -2.20. The van der Waals surface area contributed by atoms with Crippen molar-refractivity contribution < 1.29 is 4.79 Å². The lowest BCUT2D eigenvalue weighted by molar-refractivity contribution is -0.120. The van der Waals surface area contributed by atoms with E-state index >= 15 is 0 Å². The fourth-order valence-corrected chi connectivity index (χ4v) is 1.14. The van der Waals surface area contributed by atoms with Gasteiger partial charge in [-0.25, -0.2) is 0 Å². The van der Waals surface area contributed by atoms with E-state index in [0.29, 0.717) is 12.0 Å². The average molecular weight is 157 g/mol. The topological polar surface area (TPSA) is 29.1 Å². The van der Waals surface area contributed by atoms with E-state index in [9.17, 15) is 4.79 Å². The molecule has 0 radical (unpaired) electrons. The van der Waals surface area contributed by atoms with Gasteiger partial charge in [0.1, 0.15) is 0 Å². The van der Waals surface area contributed by atoms with Gasteiger partial charge in [0.25, 0.3) is 0 Å². The molecule has 0 saturated heterocycles. The molecule has 0 fully saturated rings. The Bertz CT molecular complexity index is 121. The second-order valence-electron chi connectivity index (χ2n) is 3.34. The molecule has 0 aromatic carbocycles. The maximum Gasteiger partial charge on any atom is 0.217 e. The van der Waals surface area contributed by atoms with E-state index in [2.05, 4.69) is 26.1 Å². The third-order valence-corrected chi connectivity index (χ3v) is 1.79. The molecule has 2 heteroatoms.